The Hall–Kier alpha value is -0.860. The summed E-state index contributed by atoms with van der Waals surface area (Å²) in [7, 11) is 2.24. The summed E-state index contributed by atoms with van der Waals surface area (Å²) >= 11 is 0. The molecule has 1 heterocycles. The molecular formula is C15H24N2. The lowest BCUT2D eigenvalue weighted by atomic mass is 10.0. The van der Waals surface area contributed by atoms with E-state index >= 15 is 0 Å². The van der Waals surface area contributed by atoms with Crippen LogP contribution < -0.4 is 5.32 Å². The van der Waals surface area contributed by atoms with Crippen LogP contribution in [0.2, 0.25) is 0 Å². The van der Waals surface area contributed by atoms with Gasteiger partial charge in [-0.25, -0.2) is 0 Å². The summed E-state index contributed by atoms with van der Waals surface area (Å²) in [5.41, 5.74) is 2.91. The average molecular weight is 232 g/mol. The van der Waals surface area contributed by atoms with E-state index in [9.17, 15) is 0 Å². The molecule has 2 rings (SSSR count). The number of aryl methyl sites for hydroxylation is 2. The van der Waals surface area contributed by atoms with E-state index in [4.69, 9.17) is 0 Å². The van der Waals surface area contributed by atoms with E-state index in [1.165, 1.54) is 30.5 Å². The smallest absolute Gasteiger partial charge is 0.0221 e. The van der Waals surface area contributed by atoms with Crippen LogP contribution in [0.5, 0.6) is 0 Å². The summed E-state index contributed by atoms with van der Waals surface area (Å²) in [6, 6.07) is 9.80. The van der Waals surface area contributed by atoms with E-state index in [1.807, 2.05) is 0 Å². The SMILES string of the molecule is CCc1ccc(CCC2CNCCN2C)cc1. The van der Waals surface area contributed by atoms with Gasteiger partial charge in [-0.15, -0.1) is 0 Å². The number of hydrogen-bond donors (Lipinski definition) is 1. The standard InChI is InChI=1S/C15H24N2/c1-3-13-4-6-14(7-5-13)8-9-15-12-16-10-11-17(15)2/h4-7,15-16H,3,8-12H2,1-2H3. The molecule has 1 aliphatic heterocycles. The lowest BCUT2D eigenvalue weighted by molar-refractivity contribution is 0.191. The molecule has 2 heteroatoms. The van der Waals surface area contributed by atoms with Crippen LogP contribution in [0.3, 0.4) is 0 Å². The second kappa shape index (κ2) is 6.18. The van der Waals surface area contributed by atoms with Gasteiger partial charge in [0, 0.05) is 25.7 Å². The molecule has 1 unspecified atom stereocenters. The molecule has 94 valence electrons. The maximum Gasteiger partial charge on any atom is 0.0221 e. The Bertz CT molecular complexity index is 331. The molecule has 0 aliphatic carbocycles. The van der Waals surface area contributed by atoms with Crippen LogP contribution in [0.15, 0.2) is 24.3 Å². The van der Waals surface area contributed by atoms with Crippen molar-refractivity contribution in [1.82, 2.24) is 10.2 Å². The van der Waals surface area contributed by atoms with Gasteiger partial charge in [0.1, 0.15) is 0 Å². The first-order chi connectivity index (χ1) is 8.29. The van der Waals surface area contributed by atoms with Gasteiger partial charge in [-0.3, -0.25) is 0 Å². The van der Waals surface area contributed by atoms with Crippen LogP contribution in [0, 0.1) is 0 Å². The first-order valence-electron chi connectivity index (χ1n) is 6.78. The minimum atomic E-state index is 0.703. The summed E-state index contributed by atoms with van der Waals surface area (Å²) in [5, 5.41) is 3.48. The minimum absolute atomic E-state index is 0.703. The second-order valence-electron chi connectivity index (χ2n) is 5.05. The van der Waals surface area contributed by atoms with E-state index in [0.29, 0.717) is 6.04 Å². The van der Waals surface area contributed by atoms with Gasteiger partial charge in [0.15, 0.2) is 0 Å². The van der Waals surface area contributed by atoms with E-state index in [1.54, 1.807) is 0 Å². The van der Waals surface area contributed by atoms with E-state index in [0.717, 1.165) is 19.5 Å². The van der Waals surface area contributed by atoms with Crippen LogP contribution in [-0.2, 0) is 12.8 Å². The normalized spacial score (nSPS) is 21.6. The van der Waals surface area contributed by atoms with Gasteiger partial charge in [-0.05, 0) is 37.4 Å². The number of benzene rings is 1. The second-order valence-corrected chi connectivity index (χ2v) is 5.05. The molecule has 1 N–H and O–H groups in total. The maximum atomic E-state index is 3.48. The lowest BCUT2D eigenvalue weighted by Gasteiger charge is -2.33. The van der Waals surface area contributed by atoms with Crippen molar-refractivity contribution in [3.63, 3.8) is 0 Å². The van der Waals surface area contributed by atoms with Gasteiger partial charge in [0.25, 0.3) is 0 Å². The molecule has 1 aromatic carbocycles. The van der Waals surface area contributed by atoms with E-state index < -0.39 is 0 Å². The Labute approximate surface area is 105 Å². The minimum Gasteiger partial charge on any atom is -0.314 e. The molecular weight excluding hydrogens is 208 g/mol. The van der Waals surface area contributed by atoms with Crippen molar-refractivity contribution in [2.45, 2.75) is 32.2 Å². The van der Waals surface area contributed by atoms with Gasteiger partial charge in [0.05, 0.1) is 0 Å². The number of piperazine rings is 1. The number of rotatable bonds is 4. The van der Waals surface area contributed by atoms with Crippen LogP contribution in [0.25, 0.3) is 0 Å². The van der Waals surface area contributed by atoms with E-state index in [2.05, 4.69) is 48.5 Å². The van der Waals surface area contributed by atoms with Crippen molar-refractivity contribution in [2.24, 2.45) is 0 Å². The van der Waals surface area contributed by atoms with Gasteiger partial charge >= 0.3 is 0 Å². The first-order valence-corrected chi connectivity index (χ1v) is 6.78. The predicted molar refractivity (Wildman–Crippen MR) is 73.4 cm³/mol. The largest absolute Gasteiger partial charge is 0.314 e. The molecule has 0 aromatic heterocycles. The molecule has 1 aliphatic rings. The van der Waals surface area contributed by atoms with Crippen LogP contribution in [0.1, 0.15) is 24.5 Å². The number of nitrogens with zero attached hydrogens (tertiary/aromatic N) is 1. The molecule has 1 atom stereocenters. The fraction of sp³-hybridized carbons (Fsp3) is 0.600. The molecule has 0 bridgehead atoms. The highest BCUT2D eigenvalue weighted by Gasteiger charge is 2.17. The highest BCUT2D eigenvalue weighted by molar-refractivity contribution is 5.22. The predicted octanol–water partition coefficient (Wildman–Crippen LogP) is 2.09. The lowest BCUT2D eigenvalue weighted by Crippen LogP contribution is -2.49. The first kappa shape index (κ1) is 12.6. The molecule has 17 heavy (non-hydrogen) atoms. The van der Waals surface area contributed by atoms with Crippen molar-refractivity contribution in [2.75, 3.05) is 26.7 Å². The average Bonchev–Trinajstić information content (AvgIpc) is 2.38. The summed E-state index contributed by atoms with van der Waals surface area (Å²) in [5.74, 6) is 0. The fourth-order valence-corrected chi connectivity index (χ4v) is 2.46. The summed E-state index contributed by atoms with van der Waals surface area (Å²) in [4.78, 5) is 2.48. The zero-order chi connectivity index (χ0) is 12.1. The molecule has 0 saturated carbocycles. The Balaban J connectivity index is 1.84. The monoisotopic (exact) mass is 232 g/mol. The number of hydrogen-bond acceptors (Lipinski definition) is 2. The van der Waals surface area contributed by atoms with E-state index in [-0.39, 0.29) is 0 Å². The quantitative estimate of drug-likeness (QED) is 0.855. The molecule has 1 aromatic rings. The Morgan fingerprint density at radius 3 is 2.59 bits per heavy atom. The zero-order valence-electron chi connectivity index (χ0n) is 11.1. The third-order valence-corrected chi connectivity index (χ3v) is 3.84. The van der Waals surface area contributed by atoms with Crippen LogP contribution in [0.4, 0.5) is 0 Å². The van der Waals surface area contributed by atoms with Gasteiger partial charge in [0.2, 0.25) is 0 Å². The van der Waals surface area contributed by atoms with Crippen molar-refractivity contribution in [1.29, 1.82) is 0 Å². The Kier molecular flexibility index (Phi) is 4.57. The van der Waals surface area contributed by atoms with Gasteiger partial charge < -0.3 is 10.2 Å². The summed E-state index contributed by atoms with van der Waals surface area (Å²) in [6.07, 6.45) is 3.59. The molecule has 0 radical (unpaired) electrons. The third kappa shape index (κ3) is 3.55. The highest BCUT2D eigenvalue weighted by Crippen LogP contribution is 2.11. The van der Waals surface area contributed by atoms with Gasteiger partial charge in [-0.1, -0.05) is 31.2 Å². The fourth-order valence-electron chi connectivity index (χ4n) is 2.46. The zero-order valence-corrected chi connectivity index (χ0v) is 11.1. The van der Waals surface area contributed by atoms with Crippen molar-refractivity contribution in [3.8, 4) is 0 Å². The van der Waals surface area contributed by atoms with Crippen LogP contribution >= 0.6 is 0 Å². The van der Waals surface area contributed by atoms with Crippen molar-refractivity contribution >= 4 is 0 Å². The molecule has 0 amide bonds. The molecule has 1 saturated heterocycles. The molecule has 1 fully saturated rings. The highest BCUT2D eigenvalue weighted by atomic mass is 15.2. The third-order valence-electron chi connectivity index (χ3n) is 3.84. The Morgan fingerprint density at radius 2 is 1.94 bits per heavy atom. The molecule has 2 nitrogen and oxygen atoms in total. The van der Waals surface area contributed by atoms with Crippen LogP contribution in [-0.4, -0.2) is 37.6 Å². The number of likely N-dealkylation sites (N-methyl/N-ethyl adjacent to an activating group) is 1. The summed E-state index contributed by atoms with van der Waals surface area (Å²) in [6.45, 7) is 5.67. The van der Waals surface area contributed by atoms with Gasteiger partial charge in [-0.2, -0.15) is 0 Å². The van der Waals surface area contributed by atoms with Crippen molar-refractivity contribution < 1.29 is 0 Å². The Morgan fingerprint density at radius 1 is 1.24 bits per heavy atom. The number of nitrogens with one attached hydrogen (secondary N) is 1. The van der Waals surface area contributed by atoms with Crippen molar-refractivity contribution in [3.05, 3.63) is 35.4 Å². The molecule has 0 spiro atoms. The maximum absolute atomic E-state index is 3.48. The summed E-state index contributed by atoms with van der Waals surface area (Å²) < 4.78 is 0. The topological polar surface area (TPSA) is 15.3 Å².